The van der Waals surface area contributed by atoms with E-state index in [1.807, 2.05) is 12.1 Å². The fourth-order valence-electron chi connectivity index (χ4n) is 1.49. The summed E-state index contributed by atoms with van der Waals surface area (Å²) >= 11 is 3.35. The Bertz CT molecular complexity index is 499. The third-order valence-corrected chi connectivity index (χ3v) is 2.78. The minimum Gasteiger partial charge on any atom is -0.484 e. The number of pyridine rings is 1. The van der Waals surface area contributed by atoms with Crippen molar-refractivity contribution in [2.24, 2.45) is 0 Å². The first-order valence-corrected chi connectivity index (χ1v) is 6.57. The van der Waals surface area contributed by atoms with E-state index in [-0.39, 0.29) is 0 Å². The van der Waals surface area contributed by atoms with Crippen molar-refractivity contribution < 1.29 is 9.15 Å². The van der Waals surface area contributed by atoms with Crippen LogP contribution in [0, 0.1) is 0 Å². The summed E-state index contributed by atoms with van der Waals surface area (Å²) in [7, 11) is 0. The predicted molar refractivity (Wildman–Crippen MR) is 72.4 cm³/mol. The fourth-order valence-corrected chi connectivity index (χ4v) is 1.83. The van der Waals surface area contributed by atoms with Crippen LogP contribution in [0.1, 0.15) is 18.2 Å². The molecule has 0 aromatic carbocycles. The Kier molecular flexibility index (Phi) is 4.78. The van der Waals surface area contributed by atoms with Crippen LogP contribution in [0.5, 0.6) is 5.75 Å². The molecule has 18 heavy (non-hydrogen) atoms. The van der Waals surface area contributed by atoms with E-state index in [1.165, 1.54) is 0 Å². The minimum atomic E-state index is 0.407. The molecule has 2 rings (SSSR count). The Balaban J connectivity index is 1.88. The maximum absolute atomic E-state index is 5.58. The van der Waals surface area contributed by atoms with Crippen molar-refractivity contribution in [1.29, 1.82) is 0 Å². The molecule has 0 aliphatic carbocycles. The second kappa shape index (κ2) is 6.56. The van der Waals surface area contributed by atoms with Crippen LogP contribution in [0.4, 0.5) is 0 Å². The van der Waals surface area contributed by atoms with Crippen LogP contribution in [0.3, 0.4) is 0 Å². The lowest BCUT2D eigenvalue weighted by Gasteiger charge is -2.03. The molecule has 0 saturated carbocycles. The molecule has 0 aliphatic rings. The molecule has 0 aliphatic heterocycles. The molecule has 0 unspecified atom stereocenters. The Hall–Kier alpha value is -1.33. The average molecular weight is 311 g/mol. The van der Waals surface area contributed by atoms with Gasteiger partial charge in [-0.15, -0.1) is 0 Å². The summed E-state index contributed by atoms with van der Waals surface area (Å²) in [5, 5.41) is 3.24. The van der Waals surface area contributed by atoms with E-state index in [9.17, 15) is 0 Å². The number of aromatic nitrogens is 1. The van der Waals surface area contributed by atoms with Gasteiger partial charge in [0.1, 0.15) is 18.1 Å². The summed E-state index contributed by atoms with van der Waals surface area (Å²) < 4.78 is 11.9. The van der Waals surface area contributed by atoms with Crippen LogP contribution in [0.2, 0.25) is 0 Å². The molecule has 96 valence electrons. The zero-order valence-electron chi connectivity index (χ0n) is 10.1. The molecule has 0 bridgehead atoms. The number of furan rings is 1. The maximum atomic E-state index is 5.58. The van der Waals surface area contributed by atoms with Gasteiger partial charge in [0.25, 0.3) is 0 Å². The van der Waals surface area contributed by atoms with Crippen molar-refractivity contribution in [3.63, 3.8) is 0 Å². The van der Waals surface area contributed by atoms with Crippen LogP contribution >= 0.6 is 15.9 Å². The number of hydrogen-bond acceptors (Lipinski definition) is 4. The molecule has 1 N–H and O–H groups in total. The Labute approximate surface area is 114 Å². The first-order valence-electron chi connectivity index (χ1n) is 5.78. The molecule has 2 aromatic rings. The standard InChI is InChI=1S/C13H15BrN2O2/c1-2-15-5-10-3-13(17-8-10)9-18-12-4-11(14)6-16-7-12/h3-4,6-8,15H,2,5,9H2,1H3. The summed E-state index contributed by atoms with van der Waals surface area (Å²) in [4.78, 5) is 4.03. The molecule has 0 amide bonds. The van der Waals surface area contributed by atoms with E-state index in [2.05, 4.69) is 33.2 Å². The monoisotopic (exact) mass is 310 g/mol. The summed E-state index contributed by atoms with van der Waals surface area (Å²) in [5.74, 6) is 1.52. The molecule has 0 atom stereocenters. The van der Waals surface area contributed by atoms with Crippen molar-refractivity contribution in [2.45, 2.75) is 20.1 Å². The van der Waals surface area contributed by atoms with Crippen LogP contribution in [-0.4, -0.2) is 11.5 Å². The largest absolute Gasteiger partial charge is 0.484 e. The van der Waals surface area contributed by atoms with Gasteiger partial charge in [-0.3, -0.25) is 4.98 Å². The summed E-state index contributed by atoms with van der Waals surface area (Å²) in [6.45, 7) is 4.24. The van der Waals surface area contributed by atoms with E-state index in [4.69, 9.17) is 9.15 Å². The van der Waals surface area contributed by atoms with E-state index < -0.39 is 0 Å². The molecule has 0 radical (unpaired) electrons. The van der Waals surface area contributed by atoms with Crippen LogP contribution < -0.4 is 10.1 Å². The lowest BCUT2D eigenvalue weighted by Crippen LogP contribution is -2.10. The van der Waals surface area contributed by atoms with Crippen LogP contribution in [0.15, 0.2) is 39.7 Å². The van der Waals surface area contributed by atoms with Crippen LogP contribution in [-0.2, 0) is 13.2 Å². The van der Waals surface area contributed by atoms with Crippen molar-refractivity contribution in [1.82, 2.24) is 10.3 Å². The van der Waals surface area contributed by atoms with Gasteiger partial charge in [0.05, 0.1) is 12.5 Å². The normalized spacial score (nSPS) is 10.6. The number of hydrogen-bond donors (Lipinski definition) is 1. The fraction of sp³-hybridized carbons (Fsp3) is 0.308. The van der Waals surface area contributed by atoms with E-state index in [0.717, 1.165) is 28.9 Å². The Morgan fingerprint density at radius 2 is 2.28 bits per heavy atom. The van der Waals surface area contributed by atoms with Gasteiger partial charge in [-0.1, -0.05) is 6.92 Å². The summed E-state index contributed by atoms with van der Waals surface area (Å²) in [6.07, 6.45) is 5.14. The van der Waals surface area contributed by atoms with Gasteiger partial charge in [0, 0.05) is 22.8 Å². The molecule has 0 saturated heterocycles. The number of rotatable bonds is 6. The van der Waals surface area contributed by atoms with Gasteiger partial charge >= 0.3 is 0 Å². The number of nitrogens with zero attached hydrogens (tertiary/aromatic N) is 1. The Morgan fingerprint density at radius 1 is 1.39 bits per heavy atom. The first-order chi connectivity index (χ1) is 8.78. The maximum Gasteiger partial charge on any atom is 0.146 e. The lowest BCUT2D eigenvalue weighted by molar-refractivity contribution is 0.269. The van der Waals surface area contributed by atoms with E-state index >= 15 is 0 Å². The van der Waals surface area contributed by atoms with Gasteiger partial charge in [-0.2, -0.15) is 0 Å². The highest BCUT2D eigenvalue weighted by molar-refractivity contribution is 9.10. The predicted octanol–water partition coefficient (Wildman–Crippen LogP) is 3.13. The molecule has 5 heteroatoms. The van der Waals surface area contributed by atoms with E-state index in [0.29, 0.717) is 12.4 Å². The minimum absolute atomic E-state index is 0.407. The zero-order valence-corrected chi connectivity index (χ0v) is 11.7. The van der Waals surface area contributed by atoms with Crippen molar-refractivity contribution >= 4 is 15.9 Å². The third kappa shape index (κ3) is 3.85. The summed E-state index contributed by atoms with van der Waals surface area (Å²) in [5.41, 5.74) is 1.13. The quantitative estimate of drug-likeness (QED) is 0.890. The highest BCUT2D eigenvalue weighted by Crippen LogP contribution is 2.17. The zero-order chi connectivity index (χ0) is 12.8. The molecule has 4 nitrogen and oxygen atoms in total. The van der Waals surface area contributed by atoms with Crippen molar-refractivity contribution in [3.8, 4) is 5.75 Å². The van der Waals surface area contributed by atoms with Gasteiger partial charge in [0.15, 0.2) is 0 Å². The third-order valence-electron chi connectivity index (χ3n) is 2.35. The highest BCUT2D eigenvalue weighted by atomic mass is 79.9. The van der Waals surface area contributed by atoms with Crippen molar-refractivity contribution in [2.75, 3.05) is 6.54 Å². The van der Waals surface area contributed by atoms with Gasteiger partial charge in [-0.05, 0) is 34.6 Å². The Morgan fingerprint density at radius 3 is 3.06 bits per heavy atom. The molecule has 2 heterocycles. The second-order valence-corrected chi connectivity index (χ2v) is 4.74. The van der Waals surface area contributed by atoms with Gasteiger partial charge < -0.3 is 14.5 Å². The van der Waals surface area contributed by atoms with Crippen LogP contribution in [0.25, 0.3) is 0 Å². The highest BCUT2D eigenvalue weighted by Gasteiger charge is 2.03. The van der Waals surface area contributed by atoms with Gasteiger partial charge in [-0.25, -0.2) is 0 Å². The lowest BCUT2D eigenvalue weighted by atomic mass is 10.3. The number of halogens is 1. The molecular formula is C13H15BrN2O2. The molecule has 2 aromatic heterocycles. The van der Waals surface area contributed by atoms with E-state index in [1.54, 1.807) is 18.7 Å². The average Bonchev–Trinajstić information content (AvgIpc) is 2.82. The molecular weight excluding hydrogens is 296 g/mol. The smallest absolute Gasteiger partial charge is 0.146 e. The summed E-state index contributed by atoms with van der Waals surface area (Å²) in [6, 6.07) is 3.86. The van der Waals surface area contributed by atoms with Crippen molar-refractivity contribution in [3.05, 3.63) is 46.6 Å². The second-order valence-electron chi connectivity index (χ2n) is 3.83. The molecule has 0 fully saturated rings. The van der Waals surface area contributed by atoms with Gasteiger partial charge in [0.2, 0.25) is 0 Å². The number of ether oxygens (including phenoxy) is 1. The number of nitrogens with one attached hydrogen (secondary N) is 1. The topological polar surface area (TPSA) is 47.3 Å². The molecule has 0 spiro atoms. The first kappa shape index (κ1) is 13.1. The SMILES string of the molecule is CCNCc1coc(COc2cncc(Br)c2)c1.